The topological polar surface area (TPSA) is 105 Å². The van der Waals surface area contributed by atoms with E-state index >= 15 is 0 Å². The summed E-state index contributed by atoms with van der Waals surface area (Å²) in [7, 11) is 0. The van der Waals surface area contributed by atoms with Crippen LogP contribution in [0, 0.1) is 10.1 Å². The van der Waals surface area contributed by atoms with E-state index in [0.717, 1.165) is 0 Å². The van der Waals surface area contributed by atoms with Crippen LogP contribution in [0.25, 0.3) is 0 Å². The van der Waals surface area contributed by atoms with Crippen molar-refractivity contribution >= 4 is 11.5 Å². The van der Waals surface area contributed by atoms with Gasteiger partial charge in [-0.3, -0.25) is 0 Å². The van der Waals surface area contributed by atoms with Gasteiger partial charge in [-0.1, -0.05) is 0 Å². The molecule has 0 unspecified atom stereocenters. The van der Waals surface area contributed by atoms with Crippen LogP contribution in [0.15, 0.2) is 6.20 Å². The third-order valence-corrected chi connectivity index (χ3v) is 2.40. The zero-order valence-electron chi connectivity index (χ0n) is 9.62. The summed E-state index contributed by atoms with van der Waals surface area (Å²) in [6.45, 7) is 4.43. The van der Waals surface area contributed by atoms with Gasteiger partial charge < -0.3 is 25.3 Å². The second-order valence-corrected chi connectivity index (χ2v) is 4.34. The smallest absolute Gasteiger partial charge is 0.390 e. The molecule has 0 spiro atoms. The Morgan fingerprint density at radius 3 is 2.94 bits per heavy atom. The minimum Gasteiger partial charge on any atom is -0.390 e. The molecule has 2 heterocycles. The maximum absolute atomic E-state index is 10.6. The SMILES string of the molecule is CC1(C)OC[C@H](Cn2cc(N)c([N+](=O)[O-])n2)O1. The zero-order chi connectivity index (χ0) is 12.6. The summed E-state index contributed by atoms with van der Waals surface area (Å²) in [6.07, 6.45) is 1.25. The summed E-state index contributed by atoms with van der Waals surface area (Å²) in [5.74, 6) is -0.946. The molecule has 1 aliphatic rings. The first kappa shape index (κ1) is 11.8. The Labute approximate surface area is 97.4 Å². The van der Waals surface area contributed by atoms with Crippen molar-refractivity contribution in [2.75, 3.05) is 12.3 Å². The van der Waals surface area contributed by atoms with Gasteiger partial charge in [-0.15, -0.1) is 0 Å². The molecule has 0 saturated carbocycles. The number of nitrogens with two attached hydrogens (primary N) is 1. The maximum Gasteiger partial charge on any atom is 0.412 e. The van der Waals surface area contributed by atoms with Crippen LogP contribution in [-0.4, -0.2) is 33.2 Å². The van der Waals surface area contributed by atoms with Gasteiger partial charge in [0.15, 0.2) is 11.5 Å². The van der Waals surface area contributed by atoms with Gasteiger partial charge in [0, 0.05) is 0 Å². The van der Waals surface area contributed by atoms with Crippen molar-refractivity contribution in [2.45, 2.75) is 32.3 Å². The first-order valence-electron chi connectivity index (χ1n) is 5.16. The molecule has 1 aliphatic heterocycles. The lowest BCUT2D eigenvalue weighted by Gasteiger charge is -2.16. The van der Waals surface area contributed by atoms with Gasteiger partial charge in [0.05, 0.1) is 24.4 Å². The number of aromatic nitrogens is 2. The van der Waals surface area contributed by atoms with Gasteiger partial charge in [-0.05, 0) is 18.8 Å². The number of hydrogen-bond acceptors (Lipinski definition) is 6. The third-order valence-electron chi connectivity index (χ3n) is 2.40. The van der Waals surface area contributed by atoms with E-state index < -0.39 is 10.7 Å². The van der Waals surface area contributed by atoms with Crippen molar-refractivity contribution in [3.63, 3.8) is 0 Å². The van der Waals surface area contributed by atoms with Gasteiger partial charge in [-0.25, -0.2) is 0 Å². The van der Waals surface area contributed by atoms with Crippen molar-refractivity contribution in [3.8, 4) is 0 Å². The van der Waals surface area contributed by atoms with E-state index in [1.54, 1.807) is 0 Å². The van der Waals surface area contributed by atoms with Crippen LogP contribution in [0.5, 0.6) is 0 Å². The van der Waals surface area contributed by atoms with Crippen molar-refractivity contribution < 1.29 is 14.4 Å². The molecule has 17 heavy (non-hydrogen) atoms. The van der Waals surface area contributed by atoms with Crippen LogP contribution >= 0.6 is 0 Å². The highest BCUT2D eigenvalue weighted by Gasteiger charge is 2.34. The molecule has 8 heteroatoms. The van der Waals surface area contributed by atoms with E-state index in [1.165, 1.54) is 10.9 Å². The number of ether oxygens (including phenoxy) is 2. The number of nitrogens with zero attached hydrogens (tertiary/aromatic N) is 3. The molecule has 94 valence electrons. The van der Waals surface area contributed by atoms with Crippen LogP contribution in [0.4, 0.5) is 11.5 Å². The molecular formula is C9H14N4O4. The van der Waals surface area contributed by atoms with Gasteiger partial charge in [0.25, 0.3) is 0 Å². The summed E-state index contributed by atoms with van der Waals surface area (Å²) in [5.41, 5.74) is 5.52. The molecule has 1 aromatic heterocycles. The normalized spacial score (nSPS) is 22.8. The van der Waals surface area contributed by atoms with Crippen LogP contribution in [0.3, 0.4) is 0 Å². The molecule has 0 bridgehead atoms. The maximum atomic E-state index is 10.6. The lowest BCUT2D eigenvalue weighted by atomic mass is 10.4. The Bertz CT molecular complexity index is 442. The highest BCUT2D eigenvalue weighted by molar-refractivity contribution is 5.51. The van der Waals surface area contributed by atoms with Crippen molar-refractivity contribution in [1.29, 1.82) is 0 Å². The molecule has 1 fully saturated rings. The fourth-order valence-corrected chi connectivity index (χ4v) is 1.72. The Balaban J connectivity index is 2.05. The van der Waals surface area contributed by atoms with Gasteiger partial charge in [0.1, 0.15) is 6.10 Å². The first-order chi connectivity index (χ1) is 7.87. The fraction of sp³-hybridized carbons (Fsp3) is 0.667. The third kappa shape index (κ3) is 2.53. The van der Waals surface area contributed by atoms with Crippen molar-refractivity contribution in [2.24, 2.45) is 0 Å². The number of anilines is 1. The van der Waals surface area contributed by atoms with E-state index in [4.69, 9.17) is 15.2 Å². The number of nitro groups is 1. The number of hydrogen-bond donors (Lipinski definition) is 1. The summed E-state index contributed by atoms with van der Waals surface area (Å²) >= 11 is 0. The average molecular weight is 242 g/mol. The largest absolute Gasteiger partial charge is 0.412 e. The Kier molecular flexibility index (Phi) is 2.76. The van der Waals surface area contributed by atoms with E-state index in [-0.39, 0.29) is 17.6 Å². The van der Waals surface area contributed by atoms with Crippen molar-refractivity contribution in [3.05, 3.63) is 16.3 Å². The van der Waals surface area contributed by atoms with Crippen LogP contribution in [0.2, 0.25) is 0 Å². The summed E-state index contributed by atoms with van der Waals surface area (Å²) in [4.78, 5) is 9.96. The second kappa shape index (κ2) is 3.97. The van der Waals surface area contributed by atoms with Gasteiger partial charge in [0.2, 0.25) is 0 Å². The molecule has 0 amide bonds. The lowest BCUT2D eigenvalue weighted by Crippen LogP contribution is -2.24. The highest BCUT2D eigenvalue weighted by Crippen LogP contribution is 2.24. The summed E-state index contributed by atoms with van der Waals surface area (Å²) in [6, 6.07) is 0. The van der Waals surface area contributed by atoms with E-state index in [2.05, 4.69) is 5.10 Å². The molecule has 1 saturated heterocycles. The first-order valence-corrected chi connectivity index (χ1v) is 5.16. The molecule has 1 aromatic rings. The average Bonchev–Trinajstić information content (AvgIpc) is 2.70. The zero-order valence-corrected chi connectivity index (χ0v) is 9.62. The Morgan fingerprint density at radius 1 is 1.76 bits per heavy atom. The van der Waals surface area contributed by atoms with Crippen LogP contribution in [0.1, 0.15) is 13.8 Å². The Hall–Kier alpha value is -1.67. The van der Waals surface area contributed by atoms with Crippen molar-refractivity contribution in [1.82, 2.24) is 9.78 Å². The quantitative estimate of drug-likeness (QED) is 0.612. The number of nitrogen functional groups attached to an aromatic ring is 1. The molecule has 0 radical (unpaired) electrons. The van der Waals surface area contributed by atoms with E-state index in [9.17, 15) is 10.1 Å². The molecular weight excluding hydrogens is 228 g/mol. The van der Waals surface area contributed by atoms with Crippen LogP contribution < -0.4 is 5.73 Å². The predicted molar refractivity (Wildman–Crippen MR) is 58.2 cm³/mol. The Morgan fingerprint density at radius 2 is 2.47 bits per heavy atom. The fourth-order valence-electron chi connectivity index (χ4n) is 1.72. The highest BCUT2D eigenvalue weighted by atomic mass is 16.7. The second-order valence-electron chi connectivity index (χ2n) is 4.34. The monoisotopic (exact) mass is 242 g/mol. The minimum absolute atomic E-state index is 0.0492. The predicted octanol–water partition coefficient (Wildman–Crippen LogP) is 0.525. The molecule has 2 N–H and O–H groups in total. The van der Waals surface area contributed by atoms with Crippen LogP contribution in [-0.2, 0) is 16.0 Å². The van der Waals surface area contributed by atoms with E-state index in [1.807, 2.05) is 13.8 Å². The van der Waals surface area contributed by atoms with E-state index in [0.29, 0.717) is 13.2 Å². The standard InChI is InChI=1S/C9H14N4O4/c1-9(2)16-5-6(17-9)3-12-4-7(10)8(11-12)13(14)15/h4,6H,3,5,10H2,1-2H3/t6-/m0/s1. The molecule has 1 atom stereocenters. The molecule has 2 rings (SSSR count). The van der Waals surface area contributed by atoms with Gasteiger partial charge in [-0.2, -0.15) is 4.68 Å². The summed E-state index contributed by atoms with van der Waals surface area (Å²) < 4.78 is 12.4. The molecule has 0 aromatic carbocycles. The lowest BCUT2D eigenvalue weighted by molar-refractivity contribution is -0.388. The van der Waals surface area contributed by atoms with Gasteiger partial charge >= 0.3 is 5.82 Å². The molecule has 8 nitrogen and oxygen atoms in total. The minimum atomic E-state index is -0.616. The summed E-state index contributed by atoms with van der Waals surface area (Å²) in [5, 5.41) is 14.3. The molecule has 0 aliphatic carbocycles. The number of rotatable bonds is 3.